The summed E-state index contributed by atoms with van der Waals surface area (Å²) in [6.07, 6.45) is -0.197. The van der Waals surface area contributed by atoms with Gasteiger partial charge in [0.2, 0.25) is 6.79 Å². The summed E-state index contributed by atoms with van der Waals surface area (Å²) in [5, 5.41) is 0.468. The van der Waals surface area contributed by atoms with Crippen LogP contribution in [0.4, 0.5) is 5.00 Å². The molecule has 1 aliphatic heterocycles. The lowest BCUT2D eigenvalue weighted by atomic mass is 10.0. The number of benzene rings is 1. The molecule has 6 heteroatoms. The molecule has 3 rings (SSSR count). The van der Waals surface area contributed by atoms with E-state index in [4.69, 9.17) is 19.9 Å². The fourth-order valence-corrected chi connectivity index (χ4v) is 3.38. The Morgan fingerprint density at radius 1 is 1.32 bits per heavy atom. The van der Waals surface area contributed by atoms with E-state index in [2.05, 4.69) is 0 Å². The maximum Gasteiger partial charge on any atom is 0.342 e. The molecule has 1 aromatic heterocycles. The van der Waals surface area contributed by atoms with Gasteiger partial charge in [0.05, 0.1) is 6.10 Å². The summed E-state index contributed by atoms with van der Waals surface area (Å²) in [6, 6.07) is 5.60. The van der Waals surface area contributed by atoms with Crippen molar-refractivity contribution in [1.29, 1.82) is 0 Å². The minimum atomic E-state index is -0.399. The van der Waals surface area contributed by atoms with Gasteiger partial charge in [0.1, 0.15) is 10.6 Å². The highest BCUT2D eigenvalue weighted by Crippen LogP contribution is 2.42. The summed E-state index contributed by atoms with van der Waals surface area (Å²) in [6.45, 7) is 5.78. The number of fused-ring (bicyclic) bond motifs is 1. The summed E-state index contributed by atoms with van der Waals surface area (Å²) in [7, 11) is 0. The maximum absolute atomic E-state index is 12.4. The van der Waals surface area contributed by atoms with Gasteiger partial charge in [-0.1, -0.05) is 6.07 Å². The van der Waals surface area contributed by atoms with Crippen LogP contribution >= 0.6 is 11.3 Å². The number of nitrogens with two attached hydrogens (primary N) is 1. The first kappa shape index (κ1) is 14.7. The van der Waals surface area contributed by atoms with Crippen molar-refractivity contribution >= 4 is 22.3 Å². The number of hydrogen-bond donors (Lipinski definition) is 1. The molecule has 116 valence electrons. The SMILES string of the molecule is Cc1sc(N)c(C(=O)OC(C)C)c1-c1ccc2c(c1)OCO2. The normalized spacial score (nSPS) is 12.7. The number of esters is 1. The minimum Gasteiger partial charge on any atom is -0.459 e. The van der Waals surface area contributed by atoms with Gasteiger partial charge in [-0.05, 0) is 38.5 Å². The number of anilines is 1. The van der Waals surface area contributed by atoms with Crippen LogP contribution in [0, 0.1) is 6.92 Å². The number of thiophene rings is 1. The average molecular weight is 319 g/mol. The summed E-state index contributed by atoms with van der Waals surface area (Å²) in [5.41, 5.74) is 8.12. The van der Waals surface area contributed by atoms with Crippen LogP contribution < -0.4 is 15.2 Å². The van der Waals surface area contributed by atoms with Gasteiger partial charge in [-0.2, -0.15) is 0 Å². The van der Waals surface area contributed by atoms with Crippen molar-refractivity contribution < 1.29 is 19.0 Å². The fraction of sp³-hybridized carbons (Fsp3) is 0.312. The Bertz CT molecular complexity index is 736. The molecule has 0 atom stereocenters. The molecule has 0 fully saturated rings. The zero-order valence-corrected chi connectivity index (χ0v) is 13.5. The summed E-state index contributed by atoms with van der Waals surface area (Å²) >= 11 is 1.38. The second-order valence-electron chi connectivity index (χ2n) is 5.29. The van der Waals surface area contributed by atoms with Crippen molar-refractivity contribution in [3.05, 3.63) is 28.6 Å². The van der Waals surface area contributed by atoms with Crippen molar-refractivity contribution in [3.8, 4) is 22.6 Å². The minimum absolute atomic E-state index is 0.197. The van der Waals surface area contributed by atoms with E-state index < -0.39 is 5.97 Å². The lowest BCUT2D eigenvalue weighted by Crippen LogP contribution is -2.13. The molecule has 0 radical (unpaired) electrons. The number of carbonyl (C=O) groups excluding carboxylic acids is 1. The van der Waals surface area contributed by atoms with Crippen molar-refractivity contribution in [3.63, 3.8) is 0 Å². The molecule has 0 bridgehead atoms. The van der Waals surface area contributed by atoms with Crippen LogP contribution in [0.3, 0.4) is 0 Å². The van der Waals surface area contributed by atoms with Crippen LogP contribution in [0.2, 0.25) is 0 Å². The van der Waals surface area contributed by atoms with Crippen molar-refractivity contribution in [2.24, 2.45) is 0 Å². The largest absolute Gasteiger partial charge is 0.459 e. The molecule has 1 aromatic carbocycles. The molecule has 1 aliphatic rings. The van der Waals surface area contributed by atoms with Gasteiger partial charge >= 0.3 is 5.97 Å². The first-order chi connectivity index (χ1) is 10.5. The zero-order valence-electron chi connectivity index (χ0n) is 12.6. The Labute approximate surface area is 132 Å². The first-order valence-electron chi connectivity index (χ1n) is 6.97. The lowest BCUT2D eigenvalue weighted by molar-refractivity contribution is 0.0380. The molecule has 0 spiro atoms. The Kier molecular flexibility index (Phi) is 3.70. The van der Waals surface area contributed by atoms with Gasteiger partial charge < -0.3 is 19.9 Å². The molecule has 22 heavy (non-hydrogen) atoms. The molecule has 0 saturated heterocycles. The first-order valence-corrected chi connectivity index (χ1v) is 7.79. The van der Waals surface area contributed by atoms with Crippen LogP contribution in [-0.2, 0) is 4.74 Å². The Morgan fingerprint density at radius 2 is 2.05 bits per heavy atom. The molecule has 0 saturated carbocycles. The number of carbonyl (C=O) groups is 1. The van der Waals surface area contributed by atoms with E-state index in [-0.39, 0.29) is 12.9 Å². The smallest absolute Gasteiger partial charge is 0.342 e. The molecule has 0 unspecified atom stereocenters. The van der Waals surface area contributed by atoms with Crippen LogP contribution in [0.15, 0.2) is 18.2 Å². The quantitative estimate of drug-likeness (QED) is 0.875. The predicted octanol–water partition coefficient (Wildman–Crippen LogP) is 3.60. The highest BCUT2D eigenvalue weighted by Gasteiger charge is 2.25. The Morgan fingerprint density at radius 3 is 2.77 bits per heavy atom. The molecule has 0 aliphatic carbocycles. The van der Waals surface area contributed by atoms with Crippen molar-refractivity contribution in [2.75, 3.05) is 12.5 Å². The average Bonchev–Trinajstić information content (AvgIpc) is 3.00. The second-order valence-corrected chi connectivity index (χ2v) is 6.55. The molecule has 2 N–H and O–H groups in total. The molecule has 0 amide bonds. The third kappa shape index (κ3) is 2.50. The van der Waals surface area contributed by atoms with E-state index in [1.807, 2.05) is 39.0 Å². The number of nitrogen functional groups attached to an aromatic ring is 1. The molecule has 2 heterocycles. The van der Waals surface area contributed by atoms with E-state index >= 15 is 0 Å². The summed E-state index contributed by atoms with van der Waals surface area (Å²) in [5.74, 6) is 0.977. The van der Waals surface area contributed by atoms with Gasteiger partial charge in [0, 0.05) is 10.4 Å². The summed E-state index contributed by atoms with van der Waals surface area (Å²) < 4.78 is 16.0. The topological polar surface area (TPSA) is 70.8 Å². The number of aryl methyl sites for hydroxylation is 1. The van der Waals surface area contributed by atoms with E-state index in [0.717, 1.165) is 16.0 Å². The van der Waals surface area contributed by atoms with Gasteiger partial charge in [-0.3, -0.25) is 0 Å². The monoisotopic (exact) mass is 319 g/mol. The van der Waals surface area contributed by atoms with Crippen LogP contribution in [0.25, 0.3) is 11.1 Å². The lowest BCUT2D eigenvalue weighted by Gasteiger charge is -2.10. The van der Waals surface area contributed by atoms with E-state index in [9.17, 15) is 4.79 Å². The maximum atomic E-state index is 12.4. The van der Waals surface area contributed by atoms with E-state index in [1.165, 1.54) is 11.3 Å². The highest BCUT2D eigenvalue weighted by molar-refractivity contribution is 7.16. The van der Waals surface area contributed by atoms with Crippen molar-refractivity contribution in [1.82, 2.24) is 0 Å². The van der Waals surface area contributed by atoms with Crippen LogP contribution in [0.5, 0.6) is 11.5 Å². The molecular formula is C16H17NO4S. The van der Waals surface area contributed by atoms with Crippen LogP contribution in [0.1, 0.15) is 29.1 Å². The highest BCUT2D eigenvalue weighted by atomic mass is 32.1. The summed E-state index contributed by atoms with van der Waals surface area (Å²) in [4.78, 5) is 13.3. The molecule has 2 aromatic rings. The second kappa shape index (κ2) is 5.53. The fourth-order valence-electron chi connectivity index (χ4n) is 2.44. The number of ether oxygens (including phenoxy) is 3. The third-order valence-corrected chi connectivity index (χ3v) is 4.25. The van der Waals surface area contributed by atoms with Gasteiger partial charge in [-0.15, -0.1) is 11.3 Å². The third-order valence-electron chi connectivity index (χ3n) is 3.32. The number of rotatable bonds is 3. The Hall–Kier alpha value is -2.21. The standard InChI is InChI=1S/C16H17NO4S/c1-8(2)21-16(18)14-13(9(3)22-15(14)17)10-4-5-11-12(6-10)20-7-19-11/h4-6,8H,7,17H2,1-3H3. The van der Waals surface area contributed by atoms with E-state index in [1.54, 1.807) is 0 Å². The van der Waals surface area contributed by atoms with Crippen molar-refractivity contribution in [2.45, 2.75) is 26.9 Å². The predicted molar refractivity (Wildman–Crippen MR) is 85.6 cm³/mol. The molecular weight excluding hydrogens is 302 g/mol. The zero-order chi connectivity index (χ0) is 15.9. The van der Waals surface area contributed by atoms with E-state index in [0.29, 0.717) is 22.1 Å². The number of hydrogen-bond acceptors (Lipinski definition) is 6. The Balaban J connectivity index is 2.09. The van der Waals surface area contributed by atoms with Gasteiger partial charge in [-0.25, -0.2) is 4.79 Å². The van der Waals surface area contributed by atoms with Gasteiger partial charge in [0.25, 0.3) is 0 Å². The van der Waals surface area contributed by atoms with Crippen LogP contribution in [-0.4, -0.2) is 18.9 Å². The van der Waals surface area contributed by atoms with Gasteiger partial charge in [0.15, 0.2) is 11.5 Å². The molecule has 5 nitrogen and oxygen atoms in total.